The van der Waals surface area contributed by atoms with Crippen molar-refractivity contribution in [3.63, 3.8) is 0 Å². The molecule has 0 N–H and O–H groups in total. The van der Waals surface area contributed by atoms with Gasteiger partial charge in [-0.1, -0.05) is 161 Å². The van der Waals surface area contributed by atoms with Crippen LogP contribution < -0.4 is 0 Å². The molecular formula is C41H80. The minimum Gasteiger partial charge on any atom is -0.0968 e. The Morgan fingerprint density at radius 2 is 0.512 bits per heavy atom. The van der Waals surface area contributed by atoms with Crippen molar-refractivity contribution in [2.45, 2.75) is 173 Å². The summed E-state index contributed by atoms with van der Waals surface area (Å²) in [5.74, 6) is 8.37. The molecule has 1 saturated carbocycles. The van der Waals surface area contributed by atoms with Crippen LogP contribution in [0.2, 0.25) is 0 Å². The van der Waals surface area contributed by atoms with Crippen molar-refractivity contribution >= 4 is 0 Å². The van der Waals surface area contributed by atoms with Gasteiger partial charge in [0.15, 0.2) is 0 Å². The van der Waals surface area contributed by atoms with E-state index in [0.717, 1.165) is 11.8 Å². The highest BCUT2D eigenvalue weighted by Gasteiger charge is 2.50. The lowest BCUT2D eigenvalue weighted by molar-refractivity contribution is 0.254. The summed E-state index contributed by atoms with van der Waals surface area (Å²) < 4.78 is 0. The van der Waals surface area contributed by atoms with Gasteiger partial charge in [0.1, 0.15) is 0 Å². The first-order valence-electron chi connectivity index (χ1n) is 16.3. The summed E-state index contributed by atoms with van der Waals surface area (Å²) in [6.45, 7) is 53.6. The van der Waals surface area contributed by atoms with Crippen LogP contribution in [-0.4, -0.2) is 0 Å². The zero-order chi connectivity index (χ0) is 34.1. The Kier molecular flexibility index (Phi) is 17.0. The second kappa shape index (κ2) is 15.7. The smallest absolute Gasteiger partial charge is 0.0230 e. The summed E-state index contributed by atoms with van der Waals surface area (Å²) >= 11 is 0. The van der Waals surface area contributed by atoms with E-state index in [4.69, 9.17) is 0 Å². The first kappa shape index (κ1) is 44.5. The van der Waals surface area contributed by atoms with E-state index in [1.807, 2.05) is 0 Å². The van der Waals surface area contributed by atoms with Crippen molar-refractivity contribution in [1.82, 2.24) is 0 Å². The van der Waals surface area contributed by atoms with Crippen molar-refractivity contribution in [3.05, 3.63) is 24.3 Å². The molecule has 1 fully saturated rings. The highest BCUT2D eigenvalue weighted by atomic mass is 14.5. The van der Waals surface area contributed by atoms with Crippen LogP contribution in [0, 0.1) is 67.0 Å². The average Bonchev–Trinajstić information content (AvgIpc) is 3.43. The maximum atomic E-state index is 3.21. The van der Waals surface area contributed by atoms with Gasteiger partial charge in [-0.05, 0) is 92.3 Å². The lowest BCUT2D eigenvalue weighted by atomic mass is 9.81. The van der Waals surface area contributed by atoms with Crippen molar-refractivity contribution in [1.29, 1.82) is 0 Å². The molecule has 0 aromatic heterocycles. The van der Waals surface area contributed by atoms with Crippen molar-refractivity contribution < 1.29 is 0 Å². The van der Waals surface area contributed by atoms with Gasteiger partial charge < -0.3 is 0 Å². The van der Waals surface area contributed by atoms with Crippen LogP contribution in [0.5, 0.6) is 0 Å². The summed E-state index contributed by atoms with van der Waals surface area (Å²) in [6, 6.07) is 0. The van der Waals surface area contributed by atoms with Gasteiger partial charge in [-0.25, -0.2) is 0 Å². The van der Waals surface area contributed by atoms with E-state index in [9.17, 15) is 0 Å². The zero-order valence-electron chi connectivity index (χ0n) is 33.2. The van der Waals surface area contributed by atoms with Crippen LogP contribution in [0.3, 0.4) is 0 Å². The Labute approximate surface area is 263 Å². The Bertz CT molecular complexity index is 719. The van der Waals surface area contributed by atoms with Crippen molar-refractivity contribution in [2.75, 3.05) is 0 Å². The Hall–Kier alpha value is -0.960. The first-order valence-corrected chi connectivity index (χ1v) is 16.3. The highest BCUT2D eigenvalue weighted by molar-refractivity contribution is 5.12. The van der Waals surface area contributed by atoms with Crippen molar-refractivity contribution in [3.8, 4) is 11.8 Å². The molecule has 0 radical (unpaired) electrons. The molecule has 0 amide bonds. The van der Waals surface area contributed by atoms with Gasteiger partial charge in [0.05, 0.1) is 0 Å². The van der Waals surface area contributed by atoms with Crippen LogP contribution in [0.1, 0.15) is 173 Å². The molecule has 0 bridgehead atoms. The molecule has 0 nitrogen and oxygen atoms in total. The number of allylic oxidation sites excluding steroid dienone is 4. The number of hydrogen-bond acceptors (Lipinski definition) is 0. The van der Waals surface area contributed by atoms with E-state index in [2.05, 4.69) is 202 Å². The second-order valence-electron chi connectivity index (χ2n) is 21.1. The Morgan fingerprint density at radius 1 is 0.341 bits per heavy atom. The summed E-state index contributed by atoms with van der Waals surface area (Å²) in [6.07, 6.45) is 10.5. The van der Waals surface area contributed by atoms with E-state index in [1.54, 1.807) is 0 Å². The summed E-state index contributed by atoms with van der Waals surface area (Å²) in [7, 11) is 0. The summed E-state index contributed by atoms with van der Waals surface area (Å²) in [5.41, 5.74) is 2.68. The van der Waals surface area contributed by atoms with Gasteiger partial charge in [-0.2, -0.15) is 0 Å². The van der Waals surface area contributed by atoms with Crippen LogP contribution in [-0.2, 0) is 0 Å². The third-order valence-corrected chi connectivity index (χ3v) is 5.99. The SMILES string of the molecule is CC(C)(C)/C=C/C(C)(C)C.CC(C)(C)/C=C\C(C)(C)C.CC(C)(C)C#CC(C)(C)C.CC(C)(C)C1CC1C(C)(C)C. The van der Waals surface area contributed by atoms with Gasteiger partial charge in [-0.15, -0.1) is 0 Å². The molecule has 1 aliphatic rings. The highest BCUT2D eigenvalue weighted by Crippen LogP contribution is 2.58. The maximum absolute atomic E-state index is 3.21. The van der Waals surface area contributed by atoms with Crippen LogP contribution in [0.15, 0.2) is 24.3 Å². The fraction of sp³-hybridized carbons (Fsp3) is 0.854. The second-order valence-corrected chi connectivity index (χ2v) is 21.1. The topological polar surface area (TPSA) is 0 Å². The molecule has 1 rings (SSSR count). The van der Waals surface area contributed by atoms with Crippen molar-refractivity contribution in [2.24, 2.45) is 55.2 Å². The standard InChI is InChI=1S/C11H22.2C10H20.C10H18/c1-10(2,3)8-7-9(8)11(4,5)6;3*1-9(2,3)7-8-10(4,5)6/h8-9H,7H2,1-6H3;2*7-8H,1-6H3;1-6H3/b;8-7+;8-7-;. The van der Waals surface area contributed by atoms with E-state index >= 15 is 0 Å². The van der Waals surface area contributed by atoms with Gasteiger partial charge in [0, 0.05) is 10.8 Å². The molecule has 41 heavy (non-hydrogen) atoms. The first-order chi connectivity index (χ1) is 17.3. The number of hydrogen-bond donors (Lipinski definition) is 0. The molecule has 1 aliphatic carbocycles. The normalized spacial score (nSPS) is 18.7. The Morgan fingerprint density at radius 3 is 0.585 bits per heavy atom. The quantitative estimate of drug-likeness (QED) is 0.200. The molecule has 0 saturated heterocycles. The molecule has 0 spiro atoms. The van der Waals surface area contributed by atoms with Crippen LogP contribution in [0.4, 0.5) is 0 Å². The molecular weight excluding hydrogens is 492 g/mol. The fourth-order valence-electron chi connectivity index (χ4n) is 3.48. The van der Waals surface area contributed by atoms with E-state index in [-0.39, 0.29) is 10.8 Å². The molecule has 0 heterocycles. The van der Waals surface area contributed by atoms with Gasteiger partial charge >= 0.3 is 0 Å². The molecule has 0 aliphatic heterocycles. The van der Waals surface area contributed by atoms with E-state index in [0.29, 0.717) is 32.5 Å². The summed E-state index contributed by atoms with van der Waals surface area (Å²) in [5, 5.41) is 0. The molecule has 244 valence electrons. The third-order valence-electron chi connectivity index (χ3n) is 5.99. The predicted octanol–water partition coefficient (Wildman–Crippen LogP) is 14.1. The molecule has 0 heteroatoms. The van der Waals surface area contributed by atoms with Gasteiger partial charge in [-0.3, -0.25) is 0 Å². The monoisotopic (exact) mass is 573 g/mol. The van der Waals surface area contributed by atoms with Crippen LogP contribution >= 0.6 is 0 Å². The van der Waals surface area contributed by atoms with E-state index < -0.39 is 0 Å². The minimum atomic E-state index is 0.146. The predicted molar refractivity (Wildman–Crippen MR) is 193 cm³/mol. The van der Waals surface area contributed by atoms with Gasteiger partial charge in [0.2, 0.25) is 0 Å². The fourth-order valence-corrected chi connectivity index (χ4v) is 3.48. The summed E-state index contributed by atoms with van der Waals surface area (Å²) in [4.78, 5) is 0. The molecule has 0 aromatic carbocycles. The lowest BCUT2D eigenvalue weighted by Gasteiger charge is -2.24. The van der Waals surface area contributed by atoms with Crippen LogP contribution in [0.25, 0.3) is 0 Å². The third kappa shape index (κ3) is 37.0. The average molecular weight is 573 g/mol. The maximum Gasteiger partial charge on any atom is 0.0230 e. The molecule has 0 aromatic rings. The minimum absolute atomic E-state index is 0.146. The Balaban J connectivity index is -0.000000470. The number of rotatable bonds is 0. The molecule has 2 atom stereocenters. The zero-order valence-corrected chi connectivity index (χ0v) is 33.2. The van der Waals surface area contributed by atoms with E-state index in [1.165, 1.54) is 6.42 Å². The van der Waals surface area contributed by atoms with Gasteiger partial charge in [0.25, 0.3) is 0 Å². The lowest BCUT2D eigenvalue weighted by Crippen LogP contribution is -2.16. The largest absolute Gasteiger partial charge is 0.0968 e. The molecule has 2 unspecified atom stereocenters.